The van der Waals surface area contributed by atoms with Gasteiger partial charge in [-0.1, -0.05) is 23.7 Å². The van der Waals surface area contributed by atoms with E-state index in [1.807, 2.05) is 0 Å². The Labute approximate surface area is 113 Å². The molecule has 0 amide bonds. The molecule has 0 aromatic heterocycles. The third-order valence-corrected chi connectivity index (χ3v) is 3.06. The molecule has 0 aliphatic rings. The minimum atomic E-state index is -1.02. The fraction of sp³-hybridized carbons (Fsp3) is 0.143. The van der Waals surface area contributed by atoms with Crippen molar-refractivity contribution in [1.29, 1.82) is 0 Å². The molecule has 0 aliphatic heterocycles. The van der Waals surface area contributed by atoms with Crippen molar-refractivity contribution in [3.8, 4) is 0 Å². The van der Waals surface area contributed by atoms with Crippen molar-refractivity contribution >= 4 is 11.6 Å². The highest BCUT2D eigenvalue weighted by molar-refractivity contribution is 6.31. The molecule has 0 aliphatic carbocycles. The molecule has 1 N–H and O–H groups in total. The first-order valence-corrected chi connectivity index (χ1v) is 5.92. The normalized spacial score (nSPS) is 12.5. The van der Waals surface area contributed by atoms with E-state index >= 15 is 0 Å². The summed E-state index contributed by atoms with van der Waals surface area (Å²) in [6.45, 7) is 0. The lowest BCUT2D eigenvalue weighted by atomic mass is 10.0. The first-order chi connectivity index (χ1) is 8.97. The van der Waals surface area contributed by atoms with Crippen LogP contribution in [0.4, 0.5) is 13.2 Å². The SMILES string of the molecule is OC(Cc1ccc(F)c(F)c1)c1ccc(F)cc1Cl. The number of hydrogen-bond acceptors (Lipinski definition) is 1. The standard InChI is InChI=1S/C14H10ClF3O/c15-11-7-9(16)2-3-10(11)14(19)6-8-1-4-12(17)13(18)5-8/h1-5,7,14,19H,6H2. The molecule has 0 spiro atoms. The number of hydrogen-bond donors (Lipinski definition) is 1. The third-order valence-electron chi connectivity index (χ3n) is 2.73. The summed E-state index contributed by atoms with van der Waals surface area (Å²) < 4.78 is 38.7. The van der Waals surface area contributed by atoms with Gasteiger partial charge in [0.25, 0.3) is 0 Å². The molecule has 2 rings (SSSR count). The molecule has 0 saturated heterocycles. The summed E-state index contributed by atoms with van der Waals surface area (Å²) in [5.41, 5.74) is 0.764. The molecular formula is C14H10ClF3O. The lowest BCUT2D eigenvalue weighted by Crippen LogP contribution is -2.03. The maximum Gasteiger partial charge on any atom is 0.159 e. The molecular weight excluding hydrogens is 277 g/mol. The molecule has 19 heavy (non-hydrogen) atoms. The van der Waals surface area contributed by atoms with Crippen LogP contribution >= 0.6 is 11.6 Å². The van der Waals surface area contributed by atoms with Crippen molar-refractivity contribution in [3.63, 3.8) is 0 Å². The number of rotatable bonds is 3. The molecule has 0 fully saturated rings. The molecule has 1 atom stereocenters. The largest absolute Gasteiger partial charge is 0.388 e. The second-order valence-corrected chi connectivity index (χ2v) is 4.54. The van der Waals surface area contributed by atoms with Crippen LogP contribution < -0.4 is 0 Å². The highest BCUT2D eigenvalue weighted by Gasteiger charge is 2.14. The van der Waals surface area contributed by atoms with Gasteiger partial charge in [-0.05, 0) is 35.4 Å². The van der Waals surface area contributed by atoms with E-state index in [9.17, 15) is 18.3 Å². The zero-order valence-electron chi connectivity index (χ0n) is 9.71. The number of benzene rings is 2. The Kier molecular flexibility index (Phi) is 4.12. The number of aliphatic hydroxyl groups is 1. The fourth-order valence-corrected chi connectivity index (χ4v) is 2.06. The molecule has 100 valence electrons. The Balaban J connectivity index is 2.20. The lowest BCUT2D eigenvalue weighted by Gasteiger charge is -2.13. The van der Waals surface area contributed by atoms with Gasteiger partial charge >= 0.3 is 0 Å². The Morgan fingerprint density at radius 2 is 1.74 bits per heavy atom. The van der Waals surface area contributed by atoms with Gasteiger partial charge in [0.1, 0.15) is 5.82 Å². The quantitative estimate of drug-likeness (QED) is 0.903. The molecule has 5 heteroatoms. The molecule has 0 saturated carbocycles. The van der Waals surface area contributed by atoms with Crippen LogP contribution in [0.15, 0.2) is 36.4 Å². The Bertz CT molecular complexity index is 601. The molecule has 0 radical (unpaired) electrons. The van der Waals surface area contributed by atoms with Crippen LogP contribution in [0.2, 0.25) is 5.02 Å². The molecule has 0 bridgehead atoms. The average Bonchev–Trinajstić information content (AvgIpc) is 2.33. The average molecular weight is 287 g/mol. The van der Waals surface area contributed by atoms with Gasteiger partial charge in [-0.15, -0.1) is 0 Å². The number of aliphatic hydroxyl groups excluding tert-OH is 1. The summed E-state index contributed by atoms with van der Waals surface area (Å²) in [6.07, 6.45) is -0.958. The lowest BCUT2D eigenvalue weighted by molar-refractivity contribution is 0.178. The predicted molar refractivity (Wildman–Crippen MR) is 66.4 cm³/mol. The van der Waals surface area contributed by atoms with E-state index in [1.165, 1.54) is 18.2 Å². The van der Waals surface area contributed by atoms with Crippen molar-refractivity contribution in [1.82, 2.24) is 0 Å². The highest BCUT2D eigenvalue weighted by Crippen LogP contribution is 2.26. The van der Waals surface area contributed by atoms with E-state index in [2.05, 4.69) is 0 Å². The summed E-state index contributed by atoms with van der Waals surface area (Å²) in [4.78, 5) is 0. The van der Waals surface area contributed by atoms with Crippen LogP contribution in [-0.2, 0) is 6.42 Å². The van der Waals surface area contributed by atoms with Crippen LogP contribution in [0.25, 0.3) is 0 Å². The van der Waals surface area contributed by atoms with Gasteiger partial charge in [0.2, 0.25) is 0 Å². The third kappa shape index (κ3) is 3.28. The van der Waals surface area contributed by atoms with Crippen molar-refractivity contribution < 1.29 is 18.3 Å². The summed E-state index contributed by atoms with van der Waals surface area (Å²) in [5, 5.41) is 10.1. The van der Waals surface area contributed by atoms with Gasteiger partial charge in [-0.2, -0.15) is 0 Å². The summed E-state index contributed by atoms with van der Waals surface area (Å²) >= 11 is 5.81. The van der Waals surface area contributed by atoms with Gasteiger partial charge in [-0.25, -0.2) is 13.2 Å². The van der Waals surface area contributed by atoms with E-state index in [0.29, 0.717) is 11.1 Å². The molecule has 1 unspecified atom stereocenters. The van der Waals surface area contributed by atoms with Crippen LogP contribution in [0.1, 0.15) is 17.2 Å². The van der Waals surface area contributed by atoms with Gasteiger partial charge in [0.15, 0.2) is 11.6 Å². The number of halogens is 4. The van der Waals surface area contributed by atoms with Gasteiger partial charge in [0, 0.05) is 11.4 Å². The van der Waals surface area contributed by atoms with Crippen molar-refractivity contribution in [2.75, 3.05) is 0 Å². The van der Waals surface area contributed by atoms with Crippen molar-refractivity contribution in [3.05, 3.63) is 70.0 Å². The van der Waals surface area contributed by atoms with Crippen LogP contribution in [0.5, 0.6) is 0 Å². The van der Waals surface area contributed by atoms with Gasteiger partial charge in [-0.3, -0.25) is 0 Å². The van der Waals surface area contributed by atoms with Crippen LogP contribution in [0.3, 0.4) is 0 Å². The van der Waals surface area contributed by atoms with E-state index in [0.717, 1.165) is 18.2 Å². The second-order valence-electron chi connectivity index (χ2n) is 4.13. The fourth-order valence-electron chi connectivity index (χ4n) is 1.77. The Morgan fingerprint density at radius 3 is 2.37 bits per heavy atom. The summed E-state index contributed by atoms with van der Waals surface area (Å²) in [5.74, 6) is -2.43. The van der Waals surface area contributed by atoms with E-state index in [-0.39, 0.29) is 11.4 Å². The maximum absolute atomic E-state index is 13.0. The highest BCUT2D eigenvalue weighted by atomic mass is 35.5. The smallest absolute Gasteiger partial charge is 0.159 e. The zero-order chi connectivity index (χ0) is 14.0. The first-order valence-electron chi connectivity index (χ1n) is 5.54. The van der Waals surface area contributed by atoms with Gasteiger partial charge in [0.05, 0.1) is 6.10 Å². The predicted octanol–water partition coefficient (Wildman–Crippen LogP) is 4.03. The first kappa shape index (κ1) is 13.9. The minimum absolute atomic E-state index is 0.0581. The maximum atomic E-state index is 13.0. The summed E-state index contributed by atoms with van der Waals surface area (Å²) in [7, 11) is 0. The monoisotopic (exact) mass is 286 g/mol. The Hall–Kier alpha value is -1.52. The second kappa shape index (κ2) is 5.63. The van der Waals surface area contributed by atoms with E-state index < -0.39 is 23.6 Å². The van der Waals surface area contributed by atoms with Crippen molar-refractivity contribution in [2.24, 2.45) is 0 Å². The molecule has 2 aromatic rings. The molecule has 1 nitrogen and oxygen atoms in total. The Morgan fingerprint density at radius 1 is 1.00 bits per heavy atom. The minimum Gasteiger partial charge on any atom is -0.388 e. The topological polar surface area (TPSA) is 20.2 Å². The van der Waals surface area contributed by atoms with Crippen LogP contribution in [0, 0.1) is 17.5 Å². The summed E-state index contributed by atoms with van der Waals surface area (Å²) in [6, 6.07) is 7.00. The van der Waals surface area contributed by atoms with Crippen LogP contribution in [-0.4, -0.2) is 5.11 Å². The van der Waals surface area contributed by atoms with E-state index in [1.54, 1.807) is 0 Å². The van der Waals surface area contributed by atoms with Gasteiger partial charge < -0.3 is 5.11 Å². The molecule has 0 heterocycles. The zero-order valence-corrected chi connectivity index (χ0v) is 10.5. The van der Waals surface area contributed by atoms with E-state index in [4.69, 9.17) is 11.6 Å². The van der Waals surface area contributed by atoms with Crippen molar-refractivity contribution in [2.45, 2.75) is 12.5 Å². The molecule has 2 aromatic carbocycles.